The number of carbonyl (C=O) groups is 2. The van der Waals surface area contributed by atoms with Gasteiger partial charge in [0.15, 0.2) is 0 Å². The van der Waals surface area contributed by atoms with Gasteiger partial charge in [-0.25, -0.2) is 0 Å². The summed E-state index contributed by atoms with van der Waals surface area (Å²) in [6, 6.07) is 0.379. The quantitative estimate of drug-likeness (QED) is 0.793. The molecule has 4 aliphatic rings. The van der Waals surface area contributed by atoms with Crippen LogP contribution in [-0.4, -0.2) is 68.6 Å². The normalized spacial score (nSPS) is 25.9. The number of halogens is 1. The van der Waals surface area contributed by atoms with E-state index in [2.05, 4.69) is 20.1 Å². The predicted octanol–water partition coefficient (Wildman–Crippen LogP) is 1.30. The topological polar surface area (TPSA) is 83.4 Å². The minimum atomic E-state index is -0.142. The Kier molecular flexibility index (Phi) is 6.11. The summed E-state index contributed by atoms with van der Waals surface area (Å²) in [5.74, 6) is 2.71. The monoisotopic (exact) mass is 422 g/mol. The van der Waals surface area contributed by atoms with Gasteiger partial charge in [-0.1, -0.05) is 12.8 Å². The van der Waals surface area contributed by atoms with Crippen molar-refractivity contribution < 1.29 is 9.59 Å². The third kappa shape index (κ3) is 3.89. The van der Waals surface area contributed by atoms with Crippen LogP contribution in [0.1, 0.15) is 62.5 Å². The second-order valence-corrected chi connectivity index (χ2v) is 8.79. The Balaban J connectivity index is 0.00000205. The van der Waals surface area contributed by atoms with Crippen molar-refractivity contribution >= 4 is 24.2 Å². The van der Waals surface area contributed by atoms with E-state index < -0.39 is 0 Å². The first-order chi connectivity index (χ1) is 13.7. The maximum absolute atomic E-state index is 13.0. The van der Waals surface area contributed by atoms with E-state index in [1.807, 2.05) is 9.80 Å². The number of piperidine rings is 1. The zero-order valence-corrected chi connectivity index (χ0v) is 17.7. The fraction of sp³-hybridized carbons (Fsp3) is 0.800. The molecule has 1 aliphatic carbocycles. The molecule has 1 atom stereocenters. The first-order valence-electron chi connectivity index (χ1n) is 10.9. The highest BCUT2D eigenvalue weighted by atomic mass is 35.5. The molecule has 3 aliphatic heterocycles. The van der Waals surface area contributed by atoms with Crippen molar-refractivity contribution in [2.45, 2.75) is 70.0 Å². The van der Waals surface area contributed by atoms with E-state index in [1.54, 1.807) is 0 Å². The molecule has 2 saturated heterocycles. The highest BCUT2D eigenvalue weighted by molar-refractivity contribution is 5.89. The summed E-state index contributed by atoms with van der Waals surface area (Å²) in [6.45, 7) is 4.83. The molecule has 9 heteroatoms. The van der Waals surface area contributed by atoms with Crippen molar-refractivity contribution in [1.29, 1.82) is 0 Å². The van der Waals surface area contributed by atoms with Crippen LogP contribution in [-0.2, 0) is 22.7 Å². The summed E-state index contributed by atoms with van der Waals surface area (Å²) in [5.41, 5.74) is 0. The van der Waals surface area contributed by atoms with Gasteiger partial charge in [-0.2, -0.15) is 0 Å². The highest BCUT2D eigenvalue weighted by Crippen LogP contribution is 2.32. The molecule has 0 radical (unpaired) electrons. The number of rotatable bonds is 3. The van der Waals surface area contributed by atoms with Crippen LogP contribution < -0.4 is 5.32 Å². The van der Waals surface area contributed by atoms with Crippen LogP contribution in [0.4, 0.5) is 0 Å². The predicted molar refractivity (Wildman–Crippen MR) is 110 cm³/mol. The van der Waals surface area contributed by atoms with Gasteiger partial charge >= 0.3 is 0 Å². The largest absolute Gasteiger partial charge is 0.342 e. The smallest absolute Gasteiger partial charge is 0.227 e. The molecule has 0 bridgehead atoms. The number of carbonyl (C=O) groups excluding carboxylic acids is 2. The van der Waals surface area contributed by atoms with Gasteiger partial charge in [-0.15, -0.1) is 22.6 Å². The van der Waals surface area contributed by atoms with Crippen LogP contribution in [0.25, 0.3) is 0 Å². The molecule has 160 valence electrons. The summed E-state index contributed by atoms with van der Waals surface area (Å²) in [5, 5.41) is 12.1. The van der Waals surface area contributed by atoms with Crippen molar-refractivity contribution in [3.63, 3.8) is 0 Å². The zero-order valence-electron chi connectivity index (χ0n) is 16.9. The van der Waals surface area contributed by atoms with Crippen LogP contribution in [0.3, 0.4) is 0 Å². The van der Waals surface area contributed by atoms with Gasteiger partial charge in [0.2, 0.25) is 11.8 Å². The van der Waals surface area contributed by atoms with Gasteiger partial charge in [0.1, 0.15) is 11.6 Å². The van der Waals surface area contributed by atoms with E-state index in [1.165, 1.54) is 12.8 Å². The summed E-state index contributed by atoms with van der Waals surface area (Å²) in [7, 11) is 0. The fourth-order valence-electron chi connectivity index (χ4n) is 5.50. The van der Waals surface area contributed by atoms with E-state index in [0.29, 0.717) is 24.9 Å². The minimum Gasteiger partial charge on any atom is -0.342 e. The lowest BCUT2D eigenvalue weighted by Crippen LogP contribution is -2.43. The molecule has 1 aromatic rings. The van der Waals surface area contributed by atoms with Crippen LogP contribution in [0, 0.1) is 5.92 Å². The van der Waals surface area contributed by atoms with Crippen LogP contribution in [0.5, 0.6) is 0 Å². The molecular formula is C20H31ClN6O2. The fourth-order valence-corrected chi connectivity index (χ4v) is 5.50. The first kappa shape index (κ1) is 20.6. The molecule has 1 aromatic heterocycles. The Labute approximate surface area is 177 Å². The number of hydrogen-bond acceptors (Lipinski definition) is 5. The summed E-state index contributed by atoms with van der Waals surface area (Å²) in [4.78, 5) is 29.5. The number of nitrogens with zero attached hydrogens (tertiary/aromatic N) is 5. The molecule has 0 spiro atoms. The van der Waals surface area contributed by atoms with Crippen molar-refractivity contribution in [2.24, 2.45) is 5.92 Å². The summed E-state index contributed by atoms with van der Waals surface area (Å²) >= 11 is 0. The highest BCUT2D eigenvalue weighted by Gasteiger charge is 2.41. The summed E-state index contributed by atoms with van der Waals surface area (Å²) < 4.78 is 2.26. The molecule has 3 fully saturated rings. The molecular weight excluding hydrogens is 392 g/mol. The van der Waals surface area contributed by atoms with Crippen molar-refractivity contribution in [3.8, 4) is 0 Å². The van der Waals surface area contributed by atoms with Crippen molar-refractivity contribution in [1.82, 2.24) is 29.9 Å². The average molecular weight is 423 g/mol. The average Bonchev–Trinajstić information content (AvgIpc) is 3.47. The Morgan fingerprint density at radius 1 is 1.03 bits per heavy atom. The third-order valence-corrected chi connectivity index (χ3v) is 7.10. The van der Waals surface area contributed by atoms with Crippen LogP contribution in [0.2, 0.25) is 0 Å². The van der Waals surface area contributed by atoms with E-state index in [-0.39, 0.29) is 30.1 Å². The number of amides is 2. The number of aromatic nitrogens is 3. The SMILES string of the molecule is Cl.O=C(C1CC(=O)N(C2CCCC2)C1)N1CCC(c2nnc3n2CCNC3)CC1. The molecule has 4 heterocycles. The molecule has 1 unspecified atom stereocenters. The lowest BCUT2D eigenvalue weighted by atomic mass is 9.94. The third-order valence-electron chi connectivity index (χ3n) is 7.10. The Morgan fingerprint density at radius 2 is 1.79 bits per heavy atom. The van der Waals surface area contributed by atoms with Crippen LogP contribution >= 0.6 is 12.4 Å². The molecule has 1 saturated carbocycles. The number of hydrogen-bond donors (Lipinski definition) is 1. The Hall–Kier alpha value is -1.67. The molecule has 5 rings (SSSR count). The molecule has 0 aromatic carbocycles. The second kappa shape index (κ2) is 8.60. The van der Waals surface area contributed by atoms with Crippen molar-refractivity contribution in [3.05, 3.63) is 11.6 Å². The van der Waals surface area contributed by atoms with Gasteiger partial charge in [-0.05, 0) is 25.7 Å². The van der Waals surface area contributed by atoms with E-state index >= 15 is 0 Å². The minimum absolute atomic E-state index is 0. The zero-order chi connectivity index (χ0) is 19.1. The lowest BCUT2D eigenvalue weighted by Gasteiger charge is -2.33. The van der Waals surface area contributed by atoms with E-state index in [4.69, 9.17) is 0 Å². The van der Waals surface area contributed by atoms with Gasteiger partial charge < -0.3 is 19.7 Å². The van der Waals surface area contributed by atoms with E-state index in [0.717, 1.165) is 70.1 Å². The van der Waals surface area contributed by atoms with Gasteiger partial charge in [-0.3, -0.25) is 9.59 Å². The number of nitrogens with one attached hydrogen (secondary N) is 1. The van der Waals surface area contributed by atoms with Gasteiger partial charge in [0.25, 0.3) is 0 Å². The summed E-state index contributed by atoms with van der Waals surface area (Å²) in [6.07, 6.45) is 6.91. The Morgan fingerprint density at radius 3 is 2.55 bits per heavy atom. The van der Waals surface area contributed by atoms with Crippen molar-refractivity contribution in [2.75, 3.05) is 26.2 Å². The lowest BCUT2D eigenvalue weighted by molar-refractivity contribution is -0.136. The second-order valence-electron chi connectivity index (χ2n) is 8.79. The maximum atomic E-state index is 13.0. The number of likely N-dealkylation sites (tertiary alicyclic amines) is 2. The molecule has 1 N–H and O–H groups in total. The molecule has 2 amide bonds. The first-order valence-corrected chi connectivity index (χ1v) is 10.9. The Bertz CT molecular complexity index is 754. The maximum Gasteiger partial charge on any atom is 0.227 e. The standard InChI is InChI=1S/C20H30N6O2.ClH/c27-18-11-15(13-26(18)16-3-1-2-4-16)20(28)24-8-5-14(6-9-24)19-23-22-17-12-21-7-10-25(17)19;/h14-16,21H,1-13H2;1H. The van der Waals surface area contributed by atoms with Crippen LogP contribution in [0.15, 0.2) is 0 Å². The van der Waals surface area contributed by atoms with Gasteiger partial charge in [0.05, 0.1) is 12.5 Å². The number of fused-ring (bicyclic) bond motifs is 1. The molecule has 29 heavy (non-hydrogen) atoms. The molecule has 8 nitrogen and oxygen atoms in total. The van der Waals surface area contributed by atoms with E-state index in [9.17, 15) is 9.59 Å². The van der Waals surface area contributed by atoms with Gasteiger partial charge in [0, 0.05) is 51.1 Å².